The molecular formula is C19H24N6OS. The molecule has 2 aromatic heterocycles. The Bertz CT molecular complexity index is 942. The van der Waals surface area contributed by atoms with Gasteiger partial charge in [-0.05, 0) is 25.8 Å². The lowest BCUT2D eigenvalue weighted by Gasteiger charge is -2.35. The predicted octanol–water partition coefficient (Wildman–Crippen LogP) is 2.16. The SMILES string of the molecule is Cc1sc2nc(CN3CCN(C[C@@H](C#N)CCC#N)CC3)[nH]c(=O)c2c1C. The van der Waals surface area contributed by atoms with E-state index in [1.165, 1.54) is 0 Å². The fourth-order valence-electron chi connectivity index (χ4n) is 3.46. The van der Waals surface area contributed by atoms with Crippen LogP contribution in [0.25, 0.3) is 10.2 Å². The quantitative estimate of drug-likeness (QED) is 0.819. The number of rotatable bonds is 6. The molecular weight excluding hydrogens is 360 g/mol. The van der Waals surface area contributed by atoms with Crippen LogP contribution in [-0.2, 0) is 6.54 Å². The van der Waals surface area contributed by atoms with Crippen molar-refractivity contribution in [2.75, 3.05) is 32.7 Å². The Kier molecular flexibility index (Phi) is 6.22. The van der Waals surface area contributed by atoms with Crippen molar-refractivity contribution in [2.24, 2.45) is 5.92 Å². The van der Waals surface area contributed by atoms with E-state index in [9.17, 15) is 10.1 Å². The van der Waals surface area contributed by atoms with Gasteiger partial charge in [0.15, 0.2) is 0 Å². The van der Waals surface area contributed by atoms with Gasteiger partial charge in [0.2, 0.25) is 0 Å². The zero-order valence-corrected chi connectivity index (χ0v) is 16.6. The molecule has 0 saturated carbocycles. The highest BCUT2D eigenvalue weighted by atomic mass is 32.1. The maximum atomic E-state index is 12.4. The van der Waals surface area contributed by atoms with Crippen LogP contribution < -0.4 is 5.56 Å². The zero-order chi connectivity index (χ0) is 19.4. The van der Waals surface area contributed by atoms with Gasteiger partial charge < -0.3 is 4.98 Å². The van der Waals surface area contributed by atoms with Crippen LogP contribution in [0.3, 0.4) is 0 Å². The Labute approximate surface area is 162 Å². The van der Waals surface area contributed by atoms with E-state index in [0.29, 0.717) is 30.6 Å². The van der Waals surface area contributed by atoms with Crippen LogP contribution in [0, 0.1) is 42.4 Å². The van der Waals surface area contributed by atoms with Crippen molar-refractivity contribution in [1.82, 2.24) is 19.8 Å². The highest BCUT2D eigenvalue weighted by Crippen LogP contribution is 2.25. The molecule has 2 aromatic rings. The predicted molar refractivity (Wildman–Crippen MR) is 105 cm³/mol. The molecule has 1 N–H and O–H groups in total. The monoisotopic (exact) mass is 384 g/mol. The fraction of sp³-hybridized carbons (Fsp3) is 0.579. The molecule has 0 radical (unpaired) electrons. The number of hydrogen-bond donors (Lipinski definition) is 1. The standard InChI is InChI=1S/C19H24N6OS/c1-13-14(2)27-19-17(13)18(26)22-16(23-19)12-25-8-6-24(7-9-25)11-15(10-21)4-3-5-20/h15H,3-4,6-9,11-12H2,1-2H3,(H,22,23,26)/t15-/m1/s1. The molecule has 1 fully saturated rings. The first-order valence-corrected chi connectivity index (χ1v) is 10.0. The molecule has 142 valence electrons. The summed E-state index contributed by atoms with van der Waals surface area (Å²) in [7, 11) is 0. The fourth-order valence-corrected chi connectivity index (χ4v) is 4.51. The molecule has 0 aliphatic carbocycles. The number of aromatic nitrogens is 2. The van der Waals surface area contributed by atoms with E-state index in [0.717, 1.165) is 48.0 Å². The Morgan fingerprint density at radius 3 is 2.59 bits per heavy atom. The molecule has 1 atom stereocenters. The van der Waals surface area contributed by atoms with E-state index in [2.05, 4.69) is 31.9 Å². The summed E-state index contributed by atoms with van der Waals surface area (Å²) in [5, 5.41) is 18.6. The first-order valence-electron chi connectivity index (χ1n) is 9.22. The van der Waals surface area contributed by atoms with Crippen molar-refractivity contribution in [1.29, 1.82) is 10.5 Å². The first-order chi connectivity index (χ1) is 13.0. The van der Waals surface area contributed by atoms with Gasteiger partial charge in [-0.2, -0.15) is 10.5 Å². The molecule has 0 aromatic carbocycles. The second kappa shape index (κ2) is 8.62. The number of aryl methyl sites for hydroxylation is 2. The Morgan fingerprint density at radius 2 is 1.93 bits per heavy atom. The summed E-state index contributed by atoms with van der Waals surface area (Å²) in [6.45, 7) is 8.86. The summed E-state index contributed by atoms with van der Waals surface area (Å²) in [5.74, 6) is 0.632. The van der Waals surface area contributed by atoms with Crippen molar-refractivity contribution in [3.05, 3.63) is 26.6 Å². The van der Waals surface area contributed by atoms with Gasteiger partial charge in [0.05, 0.1) is 30.0 Å². The van der Waals surface area contributed by atoms with E-state index in [4.69, 9.17) is 5.26 Å². The van der Waals surface area contributed by atoms with Crippen LogP contribution in [0.15, 0.2) is 4.79 Å². The molecule has 0 spiro atoms. The molecule has 0 bridgehead atoms. The van der Waals surface area contributed by atoms with E-state index < -0.39 is 0 Å². The largest absolute Gasteiger partial charge is 0.309 e. The topological polar surface area (TPSA) is 99.8 Å². The van der Waals surface area contributed by atoms with Crippen molar-refractivity contribution in [2.45, 2.75) is 33.2 Å². The number of fused-ring (bicyclic) bond motifs is 1. The first kappa shape index (κ1) is 19.5. The molecule has 0 unspecified atom stereocenters. The third kappa shape index (κ3) is 4.54. The molecule has 3 rings (SSSR count). The molecule has 1 saturated heterocycles. The van der Waals surface area contributed by atoms with E-state index >= 15 is 0 Å². The number of hydrogen-bond acceptors (Lipinski definition) is 7. The number of aromatic amines is 1. The molecule has 1 aliphatic rings. The van der Waals surface area contributed by atoms with Crippen molar-refractivity contribution < 1.29 is 0 Å². The average Bonchev–Trinajstić information content (AvgIpc) is 2.94. The second-order valence-corrected chi connectivity index (χ2v) is 8.28. The number of nitrogens with zero attached hydrogens (tertiary/aromatic N) is 5. The van der Waals surface area contributed by atoms with Crippen molar-refractivity contribution in [3.63, 3.8) is 0 Å². The lowest BCUT2D eigenvalue weighted by atomic mass is 10.0. The van der Waals surface area contributed by atoms with Crippen LogP contribution in [0.1, 0.15) is 29.1 Å². The summed E-state index contributed by atoms with van der Waals surface area (Å²) >= 11 is 1.57. The number of nitrogens with one attached hydrogen (secondary N) is 1. The Balaban J connectivity index is 1.58. The van der Waals surface area contributed by atoms with Gasteiger partial charge in [0.1, 0.15) is 10.7 Å². The van der Waals surface area contributed by atoms with Crippen LogP contribution in [0.5, 0.6) is 0 Å². The highest BCUT2D eigenvalue weighted by Gasteiger charge is 2.21. The van der Waals surface area contributed by atoms with Crippen LogP contribution >= 0.6 is 11.3 Å². The molecule has 27 heavy (non-hydrogen) atoms. The van der Waals surface area contributed by atoms with Gasteiger partial charge in [-0.25, -0.2) is 4.98 Å². The highest BCUT2D eigenvalue weighted by molar-refractivity contribution is 7.18. The summed E-state index contributed by atoms with van der Waals surface area (Å²) in [5.41, 5.74) is 0.970. The zero-order valence-electron chi connectivity index (χ0n) is 15.8. The molecule has 1 aliphatic heterocycles. The van der Waals surface area contributed by atoms with Gasteiger partial charge in [-0.3, -0.25) is 14.6 Å². The lowest BCUT2D eigenvalue weighted by Crippen LogP contribution is -2.47. The summed E-state index contributed by atoms with van der Waals surface area (Å²) in [4.78, 5) is 26.5. The summed E-state index contributed by atoms with van der Waals surface area (Å²) in [6, 6.07) is 4.42. The molecule has 3 heterocycles. The van der Waals surface area contributed by atoms with Crippen LogP contribution in [-0.4, -0.2) is 52.5 Å². The third-order valence-corrected chi connectivity index (χ3v) is 6.29. The van der Waals surface area contributed by atoms with E-state index in [-0.39, 0.29) is 11.5 Å². The number of H-pyrrole nitrogens is 1. The van der Waals surface area contributed by atoms with Crippen molar-refractivity contribution in [3.8, 4) is 12.1 Å². The maximum Gasteiger partial charge on any atom is 0.259 e. The Hall–Kier alpha value is -2.26. The maximum absolute atomic E-state index is 12.4. The van der Waals surface area contributed by atoms with Gasteiger partial charge >= 0.3 is 0 Å². The smallest absolute Gasteiger partial charge is 0.259 e. The van der Waals surface area contributed by atoms with Gasteiger partial charge in [-0.1, -0.05) is 0 Å². The third-order valence-electron chi connectivity index (χ3n) is 5.19. The van der Waals surface area contributed by atoms with Crippen LogP contribution in [0.2, 0.25) is 0 Å². The van der Waals surface area contributed by atoms with Crippen molar-refractivity contribution >= 4 is 21.6 Å². The van der Waals surface area contributed by atoms with E-state index in [1.54, 1.807) is 11.3 Å². The minimum Gasteiger partial charge on any atom is -0.309 e. The summed E-state index contributed by atoms with van der Waals surface area (Å²) in [6.07, 6.45) is 1.07. The molecule has 7 nitrogen and oxygen atoms in total. The average molecular weight is 385 g/mol. The minimum atomic E-state index is -0.0815. The number of piperazine rings is 1. The van der Waals surface area contributed by atoms with Gasteiger partial charge in [0, 0.05) is 44.0 Å². The second-order valence-electron chi connectivity index (χ2n) is 7.08. The summed E-state index contributed by atoms with van der Waals surface area (Å²) < 4.78 is 0. The molecule has 8 heteroatoms. The van der Waals surface area contributed by atoms with Crippen LogP contribution in [0.4, 0.5) is 0 Å². The van der Waals surface area contributed by atoms with Gasteiger partial charge in [-0.15, -0.1) is 11.3 Å². The lowest BCUT2D eigenvalue weighted by molar-refractivity contribution is 0.116. The minimum absolute atomic E-state index is 0.0511. The number of nitriles is 2. The normalized spacial score (nSPS) is 16.9. The van der Waals surface area contributed by atoms with Gasteiger partial charge in [0.25, 0.3) is 5.56 Å². The molecule has 0 amide bonds. The van der Waals surface area contributed by atoms with E-state index in [1.807, 2.05) is 13.8 Å². The Morgan fingerprint density at radius 1 is 1.22 bits per heavy atom. The number of thiophene rings is 1.